The molecule has 1 aliphatic rings. The van der Waals surface area contributed by atoms with Crippen LogP contribution in [0.2, 0.25) is 0 Å². The number of carbonyl (C=O) groups is 1. The molecule has 21 heavy (non-hydrogen) atoms. The number of nitro benzene ring substituents is 1. The fourth-order valence-electron chi connectivity index (χ4n) is 2.32. The largest absolute Gasteiger partial charge is 0.478 e. The van der Waals surface area contributed by atoms with Gasteiger partial charge in [0, 0.05) is 45.7 Å². The first-order valence-electron chi connectivity index (χ1n) is 6.52. The standard InChI is InChI=1S/C13H16N2O5S/c1-8-11(14-10-2-4-21(20)5-3-10)6-9(13(16)17)7-12(8)15(18)19/h6-7,10,14H,2-5H2,1H3,(H,16,17). The Balaban J connectivity index is 2.31. The Kier molecular flexibility index (Phi) is 4.56. The van der Waals surface area contributed by atoms with E-state index in [4.69, 9.17) is 5.11 Å². The molecule has 1 heterocycles. The molecule has 0 saturated carbocycles. The average molecular weight is 312 g/mol. The normalized spacial score (nSPS) is 21.8. The second kappa shape index (κ2) is 6.21. The van der Waals surface area contributed by atoms with Crippen molar-refractivity contribution in [3.63, 3.8) is 0 Å². The number of hydrogen-bond acceptors (Lipinski definition) is 5. The number of hydrogen-bond donors (Lipinski definition) is 2. The fourth-order valence-corrected chi connectivity index (χ4v) is 3.62. The molecule has 1 aliphatic heterocycles. The third-order valence-electron chi connectivity index (χ3n) is 3.57. The van der Waals surface area contributed by atoms with Gasteiger partial charge in [-0.2, -0.15) is 0 Å². The number of carboxylic acid groups (broad SMARTS) is 1. The number of nitrogens with one attached hydrogen (secondary N) is 1. The van der Waals surface area contributed by atoms with Gasteiger partial charge in [0.05, 0.1) is 10.5 Å². The summed E-state index contributed by atoms with van der Waals surface area (Å²) in [5, 5.41) is 23.2. The number of nitrogens with zero attached hydrogens (tertiary/aromatic N) is 1. The van der Waals surface area contributed by atoms with Crippen LogP contribution in [0.25, 0.3) is 0 Å². The van der Waals surface area contributed by atoms with Crippen LogP contribution in [0.15, 0.2) is 12.1 Å². The Morgan fingerprint density at radius 2 is 2.05 bits per heavy atom. The molecule has 1 fully saturated rings. The van der Waals surface area contributed by atoms with Gasteiger partial charge in [0.1, 0.15) is 0 Å². The van der Waals surface area contributed by atoms with Gasteiger partial charge in [-0.15, -0.1) is 0 Å². The summed E-state index contributed by atoms with van der Waals surface area (Å²) in [4.78, 5) is 21.5. The minimum absolute atomic E-state index is 0.0602. The number of nitro groups is 1. The van der Waals surface area contributed by atoms with Crippen LogP contribution in [0, 0.1) is 17.0 Å². The van der Waals surface area contributed by atoms with Crippen molar-refractivity contribution in [1.29, 1.82) is 0 Å². The highest BCUT2D eigenvalue weighted by molar-refractivity contribution is 7.85. The molecule has 0 spiro atoms. The first kappa shape index (κ1) is 15.4. The fraction of sp³-hybridized carbons (Fsp3) is 0.462. The second-order valence-electron chi connectivity index (χ2n) is 5.00. The van der Waals surface area contributed by atoms with Crippen LogP contribution in [0.3, 0.4) is 0 Å². The second-order valence-corrected chi connectivity index (χ2v) is 6.69. The average Bonchev–Trinajstić information content (AvgIpc) is 2.42. The topological polar surface area (TPSA) is 110 Å². The van der Waals surface area contributed by atoms with Gasteiger partial charge in [-0.3, -0.25) is 14.3 Å². The van der Waals surface area contributed by atoms with Crippen LogP contribution in [0.1, 0.15) is 28.8 Å². The summed E-state index contributed by atoms with van der Waals surface area (Å²) in [5.74, 6) is -0.0135. The summed E-state index contributed by atoms with van der Waals surface area (Å²) in [6, 6.07) is 2.54. The van der Waals surface area contributed by atoms with Gasteiger partial charge in [-0.25, -0.2) is 4.79 Å². The molecule has 1 aromatic rings. The molecule has 0 aliphatic carbocycles. The van der Waals surface area contributed by atoms with Gasteiger partial charge in [0.2, 0.25) is 0 Å². The molecule has 114 valence electrons. The lowest BCUT2D eigenvalue weighted by Gasteiger charge is -2.24. The Bertz CT molecular complexity index is 607. The molecule has 8 heteroatoms. The Morgan fingerprint density at radius 1 is 1.43 bits per heavy atom. The van der Waals surface area contributed by atoms with E-state index in [2.05, 4.69) is 5.32 Å². The number of rotatable bonds is 4. The summed E-state index contributed by atoms with van der Waals surface area (Å²) in [7, 11) is -0.790. The molecule has 0 aromatic heterocycles. The maximum atomic E-state index is 11.3. The van der Waals surface area contributed by atoms with E-state index in [-0.39, 0.29) is 17.3 Å². The lowest BCUT2D eigenvalue weighted by atomic mass is 10.1. The van der Waals surface area contributed by atoms with Gasteiger partial charge >= 0.3 is 5.97 Å². The zero-order valence-electron chi connectivity index (χ0n) is 11.5. The van der Waals surface area contributed by atoms with Crippen LogP contribution in [-0.4, -0.2) is 37.8 Å². The van der Waals surface area contributed by atoms with Gasteiger partial charge < -0.3 is 10.4 Å². The van der Waals surface area contributed by atoms with Crippen molar-refractivity contribution in [2.24, 2.45) is 0 Å². The molecule has 0 atom stereocenters. The first-order chi connectivity index (χ1) is 9.88. The van der Waals surface area contributed by atoms with Crippen molar-refractivity contribution in [2.75, 3.05) is 16.8 Å². The zero-order valence-corrected chi connectivity index (χ0v) is 12.3. The third-order valence-corrected chi connectivity index (χ3v) is 4.95. The molecule has 7 nitrogen and oxygen atoms in total. The lowest BCUT2D eigenvalue weighted by molar-refractivity contribution is -0.385. The van der Waals surface area contributed by atoms with Gasteiger partial charge in [-0.05, 0) is 25.8 Å². The van der Waals surface area contributed by atoms with E-state index in [0.717, 1.165) is 6.07 Å². The molecule has 0 unspecified atom stereocenters. The Labute approximate surface area is 124 Å². The zero-order chi connectivity index (χ0) is 15.6. The smallest absolute Gasteiger partial charge is 0.336 e. The summed E-state index contributed by atoms with van der Waals surface area (Å²) < 4.78 is 11.3. The highest BCUT2D eigenvalue weighted by atomic mass is 32.2. The molecule has 0 bridgehead atoms. The number of anilines is 1. The molecule has 1 aromatic carbocycles. The summed E-state index contributed by atoms with van der Waals surface area (Å²) in [6.45, 7) is 1.59. The van der Waals surface area contributed by atoms with Crippen LogP contribution < -0.4 is 5.32 Å². The van der Waals surface area contributed by atoms with Crippen LogP contribution in [0.4, 0.5) is 11.4 Å². The highest BCUT2D eigenvalue weighted by Crippen LogP contribution is 2.29. The number of aromatic carboxylic acids is 1. The SMILES string of the molecule is Cc1c(NC2CCS(=O)CC2)cc(C(=O)O)cc1[N+](=O)[O-]. The van der Waals surface area contributed by atoms with Gasteiger partial charge in [0.25, 0.3) is 5.69 Å². The maximum Gasteiger partial charge on any atom is 0.336 e. The number of carboxylic acids is 1. The van der Waals surface area contributed by atoms with Crippen LogP contribution in [0.5, 0.6) is 0 Å². The molecule has 2 N–H and O–H groups in total. The molecule has 0 radical (unpaired) electrons. The third kappa shape index (κ3) is 3.57. The Morgan fingerprint density at radius 3 is 2.57 bits per heavy atom. The number of benzene rings is 1. The molecule has 1 saturated heterocycles. The molecular weight excluding hydrogens is 296 g/mol. The van der Waals surface area contributed by atoms with E-state index in [1.54, 1.807) is 6.92 Å². The van der Waals surface area contributed by atoms with E-state index >= 15 is 0 Å². The van der Waals surface area contributed by atoms with Gasteiger partial charge in [0.15, 0.2) is 0 Å². The monoisotopic (exact) mass is 312 g/mol. The molecule has 2 rings (SSSR count). The van der Waals surface area contributed by atoms with Crippen molar-refractivity contribution in [3.05, 3.63) is 33.4 Å². The first-order valence-corrected chi connectivity index (χ1v) is 8.01. The van der Waals surface area contributed by atoms with E-state index in [0.29, 0.717) is 35.6 Å². The van der Waals surface area contributed by atoms with Crippen molar-refractivity contribution in [2.45, 2.75) is 25.8 Å². The predicted molar refractivity (Wildman–Crippen MR) is 79.3 cm³/mol. The minimum Gasteiger partial charge on any atom is -0.478 e. The van der Waals surface area contributed by atoms with Crippen molar-refractivity contribution in [1.82, 2.24) is 0 Å². The maximum absolute atomic E-state index is 11.3. The lowest BCUT2D eigenvalue weighted by Crippen LogP contribution is -2.29. The Hall–Kier alpha value is -1.96. The van der Waals surface area contributed by atoms with E-state index in [9.17, 15) is 19.1 Å². The van der Waals surface area contributed by atoms with E-state index < -0.39 is 21.7 Å². The van der Waals surface area contributed by atoms with Gasteiger partial charge in [-0.1, -0.05) is 0 Å². The molecule has 0 amide bonds. The van der Waals surface area contributed by atoms with Crippen LogP contribution >= 0.6 is 0 Å². The summed E-state index contributed by atoms with van der Waals surface area (Å²) in [6.07, 6.45) is 1.41. The van der Waals surface area contributed by atoms with E-state index in [1.807, 2.05) is 0 Å². The van der Waals surface area contributed by atoms with Crippen molar-refractivity contribution in [3.8, 4) is 0 Å². The minimum atomic E-state index is -1.20. The molecular formula is C13H16N2O5S. The predicted octanol–water partition coefficient (Wildman–Crippen LogP) is 1.92. The van der Waals surface area contributed by atoms with Crippen LogP contribution in [-0.2, 0) is 10.8 Å². The summed E-state index contributed by atoms with van der Waals surface area (Å²) in [5.41, 5.74) is 0.543. The quantitative estimate of drug-likeness (QED) is 0.649. The van der Waals surface area contributed by atoms with Crippen molar-refractivity contribution < 1.29 is 19.0 Å². The summed E-state index contributed by atoms with van der Waals surface area (Å²) >= 11 is 0. The van der Waals surface area contributed by atoms with E-state index in [1.165, 1.54) is 6.07 Å². The highest BCUT2D eigenvalue weighted by Gasteiger charge is 2.22. The van der Waals surface area contributed by atoms with Crippen molar-refractivity contribution >= 4 is 28.1 Å².